The van der Waals surface area contributed by atoms with Gasteiger partial charge in [-0.25, -0.2) is 4.98 Å². The van der Waals surface area contributed by atoms with Crippen molar-refractivity contribution in [3.63, 3.8) is 0 Å². The molecule has 0 unspecified atom stereocenters. The largest absolute Gasteiger partial charge is 0.431 e. The number of carbonyl (C=O) groups excluding carboxylic acids is 2. The molecular weight excluding hydrogens is 833 g/mol. The van der Waals surface area contributed by atoms with Crippen molar-refractivity contribution in [1.29, 1.82) is 0 Å². The molecule has 1 aromatic heterocycles. The van der Waals surface area contributed by atoms with E-state index >= 15 is 0 Å². The molecule has 0 saturated carbocycles. The Balaban J connectivity index is 0.863. The van der Waals surface area contributed by atoms with Gasteiger partial charge >= 0.3 is 0 Å². The smallest absolute Gasteiger partial charge is 0.256 e. The summed E-state index contributed by atoms with van der Waals surface area (Å²) in [6.07, 6.45) is 3.74. The fraction of sp³-hybridized carbons (Fsp3) is 0.241. The number of hydrogen-bond donors (Lipinski definition) is 4. The number of unbranched alkanes of at least 4 members (excludes halogenated alkanes) is 3. The number of nitrogens with one attached hydrogen (secondary N) is 2. The molecule has 7 aromatic rings. The Hall–Kier alpha value is -6.50. The highest BCUT2D eigenvalue weighted by molar-refractivity contribution is 7.99. The molecule has 3 atom stereocenters. The number of anilines is 2. The number of nitrogen functional groups attached to an aromatic ring is 1. The second kappa shape index (κ2) is 22.4. The molecule has 0 spiro atoms. The second-order valence-electron chi connectivity index (χ2n) is 16.2. The summed E-state index contributed by atoms with van der Waals surface area (Å²) in [5, 5.41) is 16.2. The maximum Gasteiger partial charge on any atom is 0.256 e. The van der Waals surface area contributed by atoms with Crippen molar-refractivity contribution in [3.8, 4) is 33.7 Å². The molecule has 0 aliphatic carbocycles. The number of rotatable bonds is 19. The molecule has 2 heterocycles. The van der Waals surface area contributed by atoms with E-state index in [1.54, 1.807) is 12.1 Å². The number of aliphatic hydroxyl groups excluding tert-OH is 1. The molecule has 65 heavy (non-hydrogen) atoms. The topological polar surface area (TPSA) is 149 Å². The van der Waals surface area contributed by atoms with Gasteiger partial charge in [0.05, 0.1) is 30.2 Å². The van der Waals surface area contributed by atoms with Gasteiger partial charge in [0.25, 0.3) is 5.22 Å². The summed E-state index contributed by atoms with van der Waals surface area (Å²) in [7, 11) is 0. The number of thioether (sulfide) groups is 1. The van der Waals surface area contributed by atoms with Crippen LogP contribution in [0.2, 0.25) is 0 Å². The summed E-state index contributed by atoms with van der Waals surface area (Å²) < 4.78 is 19.8. The Labute approximate surface area is 384 Å². The minimum atomic E-state index is -0.615. The van der Waals surface area contributed by atoms with Gasteiger partial charge in [0.1, 0.15) is 5.69 Å². The van der Waals surface area contributed by atoms with Crippen molar-refractivity contribution in [1.82, 2.24) is 10.3 Å². The van der Waals surface area contributed by atoms with Crippen LogP contribution in [0.15, 0.2) is 167 Å². The molecule has 332 valence electrons. The predicted octanol–water partition coefficient (Wildman–Crippen LogP) is 11.7. The van der Waals surface area contributed by atoms with Gasteiger partial charge in [-0.05, 0) is 58.9 Å². The van der Waals surface area contributed by atoms with E-state index in [1.807, 2.05) is 121 Å². The van der Waals surface area contributed by atoms with E-state index in [0.717, 1.165) is 81.6 Å². The number of ether oxygens (including phenoxy) is 2. The molecule has 11 heteroatoms. The molecule has 5 N–H and O–H groups in total. The van der Waals surface area contributed by atoms with E-state index in [4.69, 9.17) is 24.6 Å². The van der Waals surface area contributed by atoms with Crippen LogP contribution in [0.3, 0.4) is 0 Å². The lowest BCUT2D eigenvalue weighted by atomic mass is 9.99. The number of carbonyl (C=O) groups is 2. The van der Waals surface area contributed by atoms with Crippen LogP contribution in [-0.2, 0) is 32.2 Å². The van der Waals surface area contributed by atoms with Crippen molar-refractivity contribution in [2.75, 3.05) is 16.8 Å². The van der Waals surface area contributed by atoms with E-state index in [2.05, 4.69) is 34.9 Å². The highest BCUT2D eigenvalue weighted by Crippen LogP contribution is 2.41. The Bertz CT molecular complexity index is 2560. The van der Waals surface area contributed by atoms with E-state index in [-0.39, 0.29) is 30.6 Å². The second-order valence-corrected chi connectivity index (χ2v) is 17.2. The average molecular weight is 887 g/mol. The van der Waals surface area contributed by atoms with Crippen LogP contribution < -0.4 is 16.4 Å². The minimum absolute atomic E-state index is 0.0122. The lowest BCUT2D eigenvalue weighted by Crippen LogP contribution is -2.31. The van der Waals surface area contributed by atoms with Gasteiger partial charge in [-0.3, -0.25) is 9.59 Å². The van der Waals surface area contributed by atoms with Crippen LogP contribution in [0, 0.1) is 0 Å². The van der Waals surface area contributed by atoms with E-state index in [0.29, 0.717) is 48.2 Å². The quantitative estimate of drug-likeness (QED) is 0.0354. The van der Waals surface area contributed by atoms with Crippen LogP contribution in [0.1, 0.15) is 79.6 Å². The third kappa shape index (κ3) is 12.4. The number of amides is 2. The van der Waals surface area contributed by atoms with Crippen molar-refractivity contribution in [2.45, 2.75) is 81.8 Å². The van der Waals surface area contributed by atoms with Crippen LogP contribution in [0.25, 0.3) is 33.7 Å². The fourth-order valence-electron chi connectivity index (χ4n) is 7.86. The molecule has 1 aliphatic heterocycles. The molecule has 6 aromatic carbocycles. The highest BCUT2D eigenvalue weighted by Gasteiger charge is 2.33. The molecule has 1 fully saturated rings. The molecule has 0 bridgehead atoms. The van der Waals surface area contributed by atoms with Crippen molar-refractivity contribution < 1.29 is 28.6 Å². The normalized spacial score (nSPS) is 15.9. The van der Waals surface area contributed by atoms with Crippen molar-refractivity contribution >= 4 is 35.0 Å². The molecular formula is C54H54N4O6S. The molecule has 2 amide bonds. The fourth-order valence-corrected chi connectivity index (χ4v) is 8.70. The zero-order valence-corrected chi connectivity index (χ0v) is 37.1. The maximum atomic E-state index is 12.7. The Morgan fingerprint density at radius 1 is 0.662 bits per heavy atom. The number of nitrogens with zero attached hydrogens (tertiary/aromatic N) is 1. The van der Waals surface area contributed by atoms with E-state index < -0.39 is 6.29 Å². The Morgan fingerprint density at radius 3 is 2.05 bits per heavy atom. The Morgan fingerprint density at radius 2 is 1.32 bits per heavy atom. The van der Waals surface area contributed by atoms with Crippen LogP contribution in [-0.4, -0.2) is 33.8 Å². The third-order valence-corrected chi connectivity index (χ3v) is 12.4. The van der Waals surface area contributed by atoms with Gasteiger partial charge in [0.2, 0.25) is 11.8 Å². The van der Waals surface area contributed by atoms with Gasteiger partial charge in [-0.1, -0.05) is 164 Å². The van der Waals surface area contributed by atoms with Gasteiger partial charge in [0, 0.05) is 48.3 Å². The molecule has 0 radical (unpaired) electrons. The average Bonchev–Trinajstić information content (AvgIpc) is 3.79. The zero-order chi connectivity index (χ0) is 44.8. The molecule has 8 rings (SSSR count). The highest BCUT2D eigenvalue weighted by atomic mass is 32.2. The standard InChI is InChI=1S/C54H54N4O6S/c55-46-20-11-12-21-47(46)57-50(61)23-10-2-1-9-22-49(60)56-34-38-14-13-19-44(32-38)39-28-30-43(31-29-39)53-62-45(33-48(63-53)40-26-24-37(35-59)25-27-40)36-65-54-58-51(41-15-5-3-6-16-41)52(64-54)42-17-7-4-8-18-42/h3-8,11-21,24-32,45,48,53,59H,1-2,9-10,22-23,33-36,55H2,(H,56,60)(H,57,61)/t45-,48+,53+/m1/s1. The number of oxazole rings is 1. The molecule has 1 saturated heterocycles. The first-order valence-electron chi connectivity index (χ1n) is 22.2. The monoisotopic (exact) mass is 886 g/mol. The Kier molecular flexibility index (Phi) is 15.5. The summed E-state index contributed by atoms with van der Waals surface area (Å²) in [5.74, 6) is 1.29. The lowest BCUT2D eigenvalue weighted by Gasteiger charge is -2.36. The van der Waals surface area contributed by atoms with Gasteiger partial charge in [-0.2, -0.15) is 0 Å². The maximum absolute atomic E-state index is 12.7. The van der Waals surface area contributed by atoms with E-state index in [9.17, 15) is 14.7 Å². The van der Waals surface area contributed by atoms with Gasteiger partial charge < -0.3 is 35.4 Å². The zero-order valence-electron chi connectivity index (χ0n) is 36.2. The van der Waals surface area contributed by atoms with Crippen molar-refractivity contribution in [3.05, 3.63) is 180 Å². The first-order valence-corrected chi connectivity index (χ1v) is 23.2. The summed E-state index contributed by atoms with van der Waals surface area (Å²) in [6.45, 7) is 0.414. The first-order chi connectivity index (χ1) is 31.9. The molecule has 10 nitrogen and oxygen atoms in total. The number of aliphatic hydroxyl groups is 1. The number of para-hydroxylation sites is 2. The SMILES string of the molecule is Nc1ccccc1NC(=O)CCCCCCC(=O)NCc1cccc(-c2ccc([C@H]3O[C@@H](CSc4nc(-c5ccccc5)c(-c5ccccc5)o4)C[C@@H](c4ccc(CO)cc4)O3)cc2)c1. The number of aromatic nitrogens is 1. The summed E-state index contributed by atoms with van der Waals surface area (Å²) in [4.78, 5) is 30.0. The summed E-state index contributed by atoms with van der Waals surface area (Å²) >= 11 is 1.53. The lowest BCUT2D eigenvalue weighted by molar-refractivity contribution is -0.245. The molecule has 1 aliphatic rings. The number of hydrogen-bond acceptors (Lipinski definition) is 9. The predicted molar refractivity (Wildman–Crippen MR) is 257 cm³/mol. The van der Waals surface area contributed by atoms with Crippen molar-refractivity contribution in [2.24, 2.45) is 0 Å². The first kappa shape index (κ1) is 45.1. The van der Waals surface area contributed by atoms with Gasteiger partial charge in [-0.15, -0.1) is 0 Å². The van der Waals surface area contributed by atoms with Gasteiger partial charge in [0.15, 0.2) is 12.1 Å². The van der Waals surface area contributed by atoms with Crippen LogP contribution >= 0.6 is 11.8 Å². The third-order valence-electron chi connectivity index (χ3n) is 11.4. The number of nitrogens with two attached hydrogens (primary N) is 1. The van der Waals surface area contributed by atoms with E-state index in [1.165, 1.54) is 11.8 Å². The van der Waals surface area contributed by atoms with Crippen LogP contribution in [0.4, 0.5) is 11.4 Å². The summed E-state index contributed by atoms with van der Waals surface area (Å²) in [6, 6.07) is 51.7. The summed E-state index contributed by atoms with van der Waals surface area (Å²) in [5.41, 5.74) is 15.7. The van der Waals surface area contributed by atoms with Crippen LogP contribution in [0.5, 0.6) is 0 Å². The minimum Gasteiger partial charge on any atom is -0.431 e. The number of benzene rings is 6.